The van der Waals surface area contributed by atoms with E-state index in [1.54, 1.807) is 0 Å². The van der Waals surface area contributed by atoms with Gasteiger partial charge in [-0.1, -0.05) is 0 Å². The third-order valence-corrected chi connectivity index (χ3v) is 2.56. The minimum Gasteiger partial charge on any atom is -0.392 e. The summed E-state index contributed by atoms with van der Waals surface area (Å²) >= 11 is 0. The van der Waals surface area contributed by atoms with Crippen LogP contribution in [0.2, 0.25) is 0 Å². The lowest BCUT2D eigenvalue weighted by atomic mass is 10.1. The average Bonchev–Trinajstić information content (AvgIpc) is 2.15. The molecule has 0 aromatic carbocycles. The van der Waals surface area contributed by atoms with E-state index in [2.05, 4.69) is 19.9 Å². The minimum absolute atomic E-state index is 0.139. The predicted octanol–water partition coefficient (Wildman–Crippen LogP) is -1.01. The Hall–Kier alpha value is -1.47. The molecule has 0 bridgehead atoms. The van der Waals surface area contributed by atoms with Gasteiger partial charge in [0.25, 0.3) is 0 Å². The zero-order chi connectivity index (χ0) is 11.5. The van der Waals surface area contributed by atoms with E-state index in [0.717, 1.165) is 19.4 Å². The van der Waals surface area contributed by atoms with Crippen LogP contribution < -0.4 is 11.5 Å². The smallest absolute Gasteiger partial charge is 0.225 e. The van der Waals surface area contributed by atoms with Gasteiger partial charge < -0.3 is 16.6 Å². The molecule has 5 N–H and O–H groups in total. The number of nitrogens with zero attached hydrogens (tertiary/aromatic N) is 4. The quantitative estimate of drug-likeness (QED) is 0.589. The third kappa shape index (κ3) is 2.77. The van der Waals surface area contributed by atoms with Gasteiger partial charge >= 0.3 is 0 Å². The first kappa shape index (κ1) is 11.0. The highest BCUT2D eigenvalue weighted by Crippen LogP contribution is 2.12. The van der Waals surface area contributed by atoms with Crippen LogP contribution in [-0.2, 0) is 6.54 Å². The Balaban J connectivity index is 2.02. The summed E-state index contributed by atoms with van der Waals surface area (Å²) in [6.07, 6.45) is 1.58. The van der Waals surface area contributed by atoms with Crippen LogP contribution in [0, 0.1) is 0 Å². The third-order valence-electron chi connectivity index (χ3n) is 2.56. The second kappa shape index (κ2) is 4.58. The zero-order valence-corrected chi connectivity index (χ0v) is 9.00. The lowest BCUT2D eigenvalue weighted by Crippen LogP contribution is -2.38. The van der Waals surface area contributed by atoms with Gasteiger partial charge in [0.15, 0.2) is 0 Å². The Morgan fingerprint density at radius 2 is 1.94 bits per heavy atom. The summed E-state index contributed by atoms with van der Waals surface area (Å²) in [6.45, 7) is 2.13. The van der Waals surface area contributed by atoms with E-state index in [-0.39, 0.29) is 18.0 Å². The maximum atomic E-state index is 9.52. The van der Waals surface area contributed by atoms with E-state index >= 15 is 0 Å². The lowest BCUT2D eigenvalue weighted by Gasteiger charge is -2.29. The summed E-state index contributed by atoms with van der Waals surface area (Å²) in [5.74, 6) is 0.833. The summed E-state index contributed by atoms with van der Waals surface area (Å²) in [5.41, 5.74) is 11.0. The molecular weight excluding hydrogens is 208 g/mol. The molecule has 1 aromatic heterocycles. The summed E-state index contributed by atoms with van der Waals surface area (Å²) in [6, 6.07) is 0. The van der Waals surface area contributed by atoms with Crippen molar-refractivity contribution < 1.29 is 5.11 Å². The maximum Gasteiger partial charge on any atom is 0.225 e. The fraction of sp³-hybridized carbons (Fsp3) is 0.667. The van der Waals surface area contributed by atoms with Crippen LogP contribution in [0.5, 0.6) is 0 Å². The molecule has 0 aliphatic carbocycles. The average molecular weight is 224 g/mol. The van der Waals surface area contributed by atoms with Gasteiger partial charge in [0.2, 0.25) is 11.9 Å². The highest BCUT2D eigenvalue weighted by atomic mass is 16.3. The van der Waals surface area contributed by atoms with Crippen molar-refractivity contribution in [3.63, 3.8) is 0 Å². The van der Waals surface area contributed by atoms with E-state index in [1.807, 2.05) is 0 Å². The lowest BCUT2D eigenvalue weighted by molar-refractivity contribution is 0.0655. The number of piperidine rings is 1. The second-order valence-corrected chi connectivity index (χ2v) is 4.00. The number of anilines is 2. The van der Waals surface area contributed by atoms with Crippen molar-refractivity contribution in [3.05, 3.63) is 5.82 Å². The number of aliphatic hydroxyl groups excluding tert-OH is 1. The second-order valence-electron chi connectivity index (χ2n) is 4.00. The van der Waals surface area contributed by atoms with Crippen molar-refractivity contribution in [2.75, 3.05) is 24.6 Å². The van der Waals surface area contributed by atoms with Gasteiger partial charge in [0, 0.05) is 6.54 Å². The number of likely N-dealkylation sites (tertiary alicyclic amines) is 1. The molecule has 7 nitrogen and oxygen atoms in total. The summed E-state index contributed by atoms with van der Waals surface area (Å²) in [4.78, 5) is 13.8. The van der Waals surface area contributed by atoms with Gasteiger partial charge in [0.05, 0.1) is 12.6 Å². The molecule has 1 saturated heterocycles. The summed E-state index contributed by atoms with van der Waals surface area (Å²) in [5, 5.41) is 9.52. The molecular formula is C9H16N6O. The van der Waals surface area contributed by atoms with Gasteiger partial charge in [-0.25, -0.2) is 0 Å². The molecule has 2 rings (SSSR count). The Morgan fingerprint density at radius 1 is 1.25 bits per heavy atom. The molecule has 16 heavy (non-hydrogen) atoms. The van der Waals surface area contributed by atoms with Crippen LogP contribution in [0.3, 0.4) is 0 Å². The molecule has 1 aromatic rings. The minimum atomic E-state index is -0.259. The predicted molar refractivity (Wildman–Crippen MR) is 59.2 cm³/mol. The first-order valence-electron chi connectivity index (χ1n) is 5.30. The fourth-order valence-corrected chi connectivity index (χ4v) is 1.90. The van der Waals surface area contributed by atoms with E-state index < -0.39 is 0 Å². The molecule has 1 fully saturated rings. The van der Waals surface area contributed by atoms with E-state index in [0.29, 0.717) is 18.9 Å². The van der Waals surface area contributed by atoms with Crippen LogP contribution in [0.15, 0.2) is 0 Å². The van der Waals surface area contributed by atoms with Crippen molar-refractivity contribution >= 4 is 11.9 Å². The number of hydrogen-bond donors (Lipinski definition) is 3. The largest absolute Gasteiger partial charge is 0.392 e. The van der Waals surface area contributed by atoms with Crippen molar-refractivity contribution in [3.8, 4) is 0 Å². The highest BCUT2D eigenvalue weighted by molar-refractivity contribution is 5.25. The van der Waals surface area contributed by atoms with Crippen LogP contribution in [0.25, 0.3) is 0 Å². The fourth-order valence-electron chi connectivity index (χ4n) is 1.90. The number of hydrogen-bond acceptors (Lipinski definition) is 7. The van der Waals surface area contributed by atoms with E-state index in [1.165, 1.54) is 0 Å². The molecule has 1 aliphatic heterocycles. The molecule has 88 valence electrons. The number of nitrogens with two attached hydrogens (primary N) is 2. The van der Waals surface area contributed by atoms with Crippen molar-refractivity contribution in [2.45, 2.75) is 25.5 Å². The van der Waals surface area contributed by atoms with Gasteiger partial charge in [-0.2, -0.15) is 15.0 Å². The molecule has 0 radical (unpaired) electrons. The van der Waals surface area contributed by atoms with E-state index in [9.17, 15) is 5.11 Å². The Bertz CT molecular complexity index is 351. The summed E-state index contributed by atoms with van der Waals surface area (Å²) < 4.78 is 0. The molecule has 2 heterocycles. The summed E-state index contributed by atoms with van der Waals surface area (Å²) in [7, 11) is 0. The molecule has 7 heteroatoms. The number of rotatable bonds is 2. The van der Waals surface area contributed by atoms with Crippen LogP contribution in [0.4, 0.5) is 11.9 Å². The molecule has 1 atom stereocenters. The Morgan fingerprint density at radius 3 is 2.56 bits per heavy atom. The molecule has 1 aliphatic rings. The van der Waals surface area contributed by atoms with Crippen molar-refractivity contribution in [2.24, 2.45) is 0 Å². The topological polar surface area (TPSA) is 114 Å². The van der Waals surface area contributed by atoms with Gasteiger partial charge in [-0.05, 0) is 19.4 Å². The van der Waals surface area contributed by atoms with Gasteiger partial charge in [-0.3, -0.25) is 4.90 Å². The Labute approximate surface area is 93.5 Å². The van der Waals surface area contributed by atoms with Crippen molar-refractivity contribution in [1.82, 2.24) is 19.9 Å². The van der Waals surface area contributed by atoms with E-state index in [4.69, 9.17) is 11.5 Å². The first-order valence-corrected chi connectivity index (χ1v) is 5.30. The molecule has 0 saturated carbocycles. The van der Waals surface area contributed by atoms with Crippen molar-refractivity contribution in [1.29, 1.82) is 0 Å². The number of aromatic nitrogens is 3. The van der Waals surface area contributed by atoms with Crippen LogP contribution in [0.1, 0.15) is 18.7 Å². The monoisotopic (exact) mass is 224 g/mol. The van der Waals surface area contributed by atoms with Crippen LogP contribution in [-0.4, -0.2) is 44.2 Å². The molecule has 0 spiro atoms. The number of β-amino-alcohol motifs (C(OH)–C–C–N with tert-alkyl or cyclic N) is 1. The first-order chi connectivity index (χ1) is 7.63. The molecule has 0 amide bonds. The zero-order valence-electron chi connectivity index (χ0n) is 9.00. The normalized spacial score (nSPS) is 22.2. The van der Waals surface area contributed by atoms with Gasteiger partial charge in [0.1, 0.15) is 5.82 Å². The van der Waals surface area contributed by atoms with Crippen LogP contribution >= 0.6 is 0 Å². The maximum absolute atomic E-state index is 9.52. The standard InChI is InChI=1S/C9H16N6O/c10-8-12-7(13-9(11)14-8)5-15-3-1-2-6(16)4-15/h6,16H,1-5H2,(H4,10,11,12,13,14)/t6-/m0/s1. The Kier molecular flexibility index (Phi) is 3.16. The molecule has 0 unspecified atom stereocenters. The number of nitrogen functional groups attached to an aromatic ring is 2. The SMILES string of the molecule is Nc1nc(N)nc(CN2CCC[C@H](O)C2)n1. The van der Waals surface area contributed by atoms with Gasteiger partial charge in [-0.15, -0.1) is 0 Å². The number of aliphatic hydroxyl groups is 1. The highest BCUT2D eigenvalue weighted by Gasteiger charge is 2.18.